The lowest BCUT2D eigenvalue weighted by molar-refractivity contribution is -0.119. The first kappa shape index (κ1) is 18.4. The third-order valence-electron chi connectivity index (χ3n) is 6.45. The van der Waals surface area contributed by atoms with E-state index in [1.165, 1.54) is 0 Å². The standard InChI is InChI=1S/C23H24N6O2/c1-13(15-8-21(30)24-10-15)31-23-22-19(26-12-29(22)16-4-5-16)9-18(27-23)14-3-6-17-20(7-14)28(2)11-25-17/h3,6-7,9,11-13,15-16H,4-5,8,10H2,1-2H3,(H,24,30)/t13-,15-/m1/s1. The largest absolute Gasteiger partial charge is 0.473 e. The van der Waals surface area contributed by atoms with Crippen molar-refractivity contribution in [2.45, 2.75) is 38.3 Å². The highest BCUT2D eigenvalue weighted by Crippen LogP contribution is 2.40. The zero-order valence-electron chi connectivity index (χ0n) is 17.6. The van der Waals surface area contributed by atoms with Gasteiger partial charge in [-0.15, -0.1) is 0 Å². The summed E-state index contributed by atoms with van der Waals surface area (Å²) in [4.78, 5) is 25.7. The quantitative estimate of drug-likeness (QED) is 0.540. The second-order valence-corrected chi connectivity index (χ2v) is 8.71. The Kier molecular flexibility index (Phi) is 4.03. The summed E-state index contributed by atoms with van der Waals surface area (Å²) in [5.74, 6) is 0.810. The minimum absolute atomic E-state index is 0.0832. The molecule has 8 heteroatoms. The summed E-state index contributed by atoms with van der Waals surface area (Å²) in [5, 5.41) is 2.90. The van der Waals surface area contributed by atoms with Crippen LogP contribution in [-0.2, 0) is 11.8 Å². The molecule has 6 rings (SSSR count). The molecular weight excluding hydrogens is 392 g/mol. The molecule has 0 bridgehead atoms. The Balaban J connectivity index is 1.45. The van der Waals surface area contributed by atoms with Crippen LogP contribution < -0.4 is 10.1 Å². The SMILES string of the molecule is C[C@@H](Oc1nc(-c2ccc3ncn(C)c3c2)cc2ncn(C3CC3)c12)[C@H]1CNC(=O)C1. The van der Waals surface area contributed by atoms with Gasteiger partial charge in [0.15, 0.2) is 0 Å². The average Bonchev–Trinajstić information content (AvgIpc) is 3.19. The Morgan fingerprint density at radius 2 is 2.00 bits per heavy atom. The predicted octanol–water partition coefficient (Wildman–Crippen LogP) is 3.22. The number of fused-ring (bicyclic) bond motifs is 2. The van der Waals surface area contributed by atoms with Crippen molar-refractivity contribution in [2.75, 3.05) is 6.54 Å². The molecule has 0 unspecified atom stereocenters. The lowest BCUT2D eigenvalue weighted by atomic mass is 10.0. The van der Waals surface area contributed by atoms with E-state index in [9.17, 15) is 4.79 Å². The zero-order valence-corrected chi connectivity index (χ0v) is 17.6. The van der Waals surface area contributed by atoms with Crippen LogP contribution in [0.25, 0.3) is 33.3 Å². The summed E-state index contributed by atoms with van der Waals surface area (Å²) < 4.78 is 10.6. The van der Waals surface area contributed by atoms with E-state index < -0.39 is 0 Å². The van der Waals surface area contributed by atoms with Crippen molar-refractivity contribution in [1.29, 1.82) is 0 Å². The fourth-order valence-electron chi connectivity index (χ4n) is 4.40. The molecule has 4 aromatic rings. The molecule has 158 valence electrons. The fraction of sp³-hybridized carbons (Fsp3) is 0.391. The van der Waals surface area contributed by atoms with E-state index in [2.05, 4.69) is 25.9 Å². The Labute approximate surface area is 179 Å². The molecule has 1 amide bonds. The summed E-state index contributed by atoms with van der Waals surface area (Å²) in [5.41, 5.74) is 5.64. The molecule has 0 radical (unpaired) electrons. The van der Waals surface area contributed by atoms with E-state index in [4.69, 9.17) is 9.72 Å². The number of ether oxygens (including phenoxy) is 1. The van der Waals surface area contributed by atoms with Gasteiger partial charge in [-0.3, -0.25) is 4.79 Å². The molecular formula is C23H24N6O2. The molecule has 4 heterocycles. The number of nitrogens with zero attached hydrogens (tertiary/aromatic N) is 5. The van der Waals surface area contributed by atoms with Gasteiger partial charge in [-0.2, -0.15) is 0 Å². The molecule has 0 spiro atoms. The molecule has 1 aliphatic heterocycles. The van der Waals surface area contributed by atoms with E-state index in [0.717, 1.165) is 46.2 Å². The van der Waals surface area contributed by atoms with E-state index in [0.29, 0.717) is 24.9 Å². The van der Waals surface area contributed by atoms with E-state index in [1.54, 1.807) is 0 Å². The highest BCUT2D eigenvalue weighted by molar-refractivity contribution is 5.87. The highest BCUT2D eigenvalue weighted by Gasteiger charge is 2.31. The zero-order chi connectivity index (χ0) is 21.1. The van der Waals surface area contributed by atoms with Crippen LogP contribution >= 0.6 is 0 Å². The van der Waals surface area contributed by atoms with Crippen molar-refractivity contribution in [3.05, 3.63) is 36.9 Å². The van der Waals surface area contributed by atoms with Gasteiger partial charge in [0.05, 0.1) is 34.9 Å². The first-order chi connectivity index (χ1) is 15.1. The van der Waals surface area contributed by atoms with Gasteiger partial charge in [-0.05, 0) is 38.0 Å². The molecule has 1 aromatic carbocycles. The van der Waals surface area contributed by atoms with E-state index >= 15 is 0 Å². The normalized spacial score (nSPS) is 19.8. The summed E-state index contributed by atoms with van der Waals surface area (Å²) >= 11 is 0. The van der Waals surface area contributed by atoms with Crippen molar-refractivity contribution >= 4 is 28.0 Å². The average molecular weight is 416 g/mol. The minimum atomic E-state index is -0.132. The van der Waals surface area contributed by atoms with Crippen LogP contribution in [0.15, 0.2) is 36.9 Å². The first-order valence-corrected chi connectivity index (χ1v) is 10.8. The number of carbonyl (C=O) groups excluding carboxylic acids is 1. The van der Waals surface area contributed by atoms with Gasteiger partial charge in [0.2, 0.25) is 11.8 Å². The molecule has 2 fully saturated rings. The van der Waals surface area contributed by atoms with Crippen molar-refractivity contribution in [3.8, 4) is 17.1 Å². The van der Waals surface area contributed by atoms with Crippen LogP contribution in [-0.4, -0.2) is 42.6 Å². The Hall–Kier alpha value is -3.42. The summed E-state index contributed by atoms with van der Waals surface area (Å²) in [6.45, 7) is 2.66. The lowest BCUT2D eigenvalue weighted by Gasteiger charge is -2.20. The molecule has 1 aliphatic carbocycles. The topological polar surface area (TPSA) is 86.9 Å². The number of imidazole rings is 2. The monoisotopic (exact) mass is 416 g/mol. The number of hydrogen-bond acceptors (Lipinski definition) is 5. The summed E-state index contributed by atoms with van der Waals surface area (Å²) in [6, 6.07) is 8.65. The van der Waals surface area contributed by atoms with Gasteiger partial charge in [0.25, 0.3) is 0 Å². The molecule has 8 nitrogen and oxygen atoms in total. The second kappa shape index (κ2) is 6.80. The van der Waals surface area contributed by atoms with Crippen molar-refractivity contribution in [2.24, 2.45) is 13.0 Å². The van der Waals surface area contributed by atoms with Gasteiger partial charge in [0.1, 0.15) is 11.6 Å². The Morgan fingerprint density at radius 3 is 2.77 bits per heavy atom. The number of carbonyl (C=O) groups is 1. The van der Waals surface area contributed by atoms with Crippen LogP contribution in [0.2, 0.25) is 0 Å². The van der Waals surface area contributed by atoms with Crippen LogP contribution in [0.1, 0.15) is 32.2 Å². The van der Waals surface area contributed by atoms with E-state index in [1.807, 2.05) is 49.4 Å². The summed E-state index contributed by atoms with van der Waals surface area (Å²) in [7, 11) is 1.99. The molecule has 1 saturated carbocycles. The predicted molar refractivity (Wildman–Crippen MR) is 117 cm³/mol. The van der Waals surface area contributed by atoms with Gasteiger partial charge in [0, 0.05) is 37.5 Å². The molecule has 31 heavy (non-hydrogen) atoms. The fourth-order valence-corrected chi connectivity index (χ4v) is 4.40. The molecule has 1 N–H and O–H groups in total. The third kappa shape index (κ3) is 3.13. The number of nitrogens with one attached hydrogen (secondary N) is 1. The highest BCUT2D eigenvalue weighted by atomic mass is 16.5. The first-order valence-electron chi connectivity index (χ1n) is 10.8. The van der Waals surface area contributed by atoms with E-state index in [-0.39, 0.29) is 17.9 Å². The van der Waals surface area contributed by atoms with Crippen LogP contribution in [0.3, 0.4) is 0 Å². The lowest BCUT2D eigenvalue weighted by Crippen LogP contribution is -2.26. The smallest absolute Gasteiger partial charge is 0.241 e. The van der Waals surface area contributed by atoms with Gasteiger partial charge < -0.3 is 19.2 Å². The second-order valence-electron chi connectivity index (χ2n) is 8.71. The van der Waals surface area contributed by atoms with Crippen LogP contribution in [0.5, 0.6) is 5.88 Å². The van der Waals surface area contributed by atoms with Crippen molar-refractivity contribution in [3.63, 3.8) is 0 Å². The van der Waals surface area contributed by atoms with Crippen molar-refractivity contribution < 1.29 is 9.53 Å². The molecule has 1 saturated heterocycles. The van der Waals surface area contributed by atoms with Crippen LogP contribution in [0.4, 0.5) is 0 Å². The number of aryl methyl sites for hydroxylation is 1. The maximum atomic E-state index is 11.7. The number of rotatable bonds is 5. The number of pyridine rings is 1. The number of hydrogen-bond donors (Lipinski definition) is 1. The van der Waals surface area contributed by atoms with Gasteiger partial charge in [-0.25, -0.2) is 15.0 Å². The molecule has 2 aliphatic rings. The number of aromatic nitrogens is 5. The molecule has 2 atom stereocenters. The maximum absolute atomic E-state index is 11.7. The Bertz CT molecular complexity index is 1320. The van der Waals surface area contributed by atoms with Gasteiger partial charge in [-0.1, -0.05) is 6.07 Å². The summed E-state index contributed by atoms with van der Waals surface area (Å²) in [6.07, 6.45) is 6.38. The third-order valence-corrected chi connectivity index (χ3v) is 6.45. The maximum Gasteiger partial charge on any atom is 0.241 e. The number of amides is 1. The minimum Gasteiger partial charge on any atom is -0.473 e. The van der Waals surface area contributed by atoms with Crippen molar-refractivity contribution in [1.82, 2.24) is 29.4 Å². The molecule has 3 aromatic heterocycles. The van der Waals surface area contributed by atoms with Gasteiger partial charge >= 0.3 is 0 Å². The number of benzene rings is 1. The Morgan fingerprint density at radius 1 is 1.16 bits per heavy atom. The van der Waals surface area contributed by atoms with Crippen LogP contribution in [0, 0.1) is 5.92 Å².